The van der Waals surface area contributed by atoms with Gasteiger partial charge in [-0.15, -0.1) is 0 Å². The van der Waals surface area contributed by atoms with E-state index in [2.05, 4.69) is 15.4 Å². The summed E-state index contributed by atoms with van der Waals surface area (Å²) in [5.41, 5.74) is 0.521. The number of benzene rings is 1. The molecule has 1 aliphatic rings. The summed E-state index contributed by atoms with van der Waals surface area (Å²) in [5, 5.41) is 14.9. The monoisotopic (exact) mass is 313 g/mol. The molecule has 2 rings (SSSR count). The van der Waals surface area contributed by atoms with Crippen molar-refractivity contribution in [2.75, 3.05) is 12.4 Å². The summed E-state index contributed by atoms with van der Waals surface area (Å²) in [4.78, 5) is 23.9. The fraction of sp³-hybridized carbons (Fsp3) is 0.353. The van der Waals surface area contributed by atoms with E-state index in [4.69, 9.17) is 5.26 Å². The van der Waals surface area contributed by atoms with E-state index in [9.17, 15) is 9.59 Å². The number of nitrogens with zero attached hydrogens (tertiary/aromatic N) is 1. The lowest BCUT2D eigenvalue weighted by Crippen LogP contribution is -2.23. The van der Waals surface area contributed by atoms with Crippen molar-refractivity contribution in [3.63, 3.8) is 0 Å². The molecule has 0 spiro atoms. The van der Waals surface area contributed by atoms with Crippen LogP contribution in [0.5, 0.6) is 0 Å². The Bertz CT molecular complexity index is 655. The van der Waals surface area contributed by atoms with Crippen LogP contribution in [0.15, 0.2) is 36.0 Å². The standard InChI is InChI=1S/C17H19N3O3/c1-23-17(22)14-8-4-5-9-15(14)20-16(21)12(10-18)11-19-13-6-2-3-7-13/h4-5,8-9,11,13,19H,2-3,6-7H2,1H3,(H,20,21)/b12-11-. The highest BCUT2D eigenvalue weighted by molar-refractivity contribution is 6.09. The number of anilines is 1. The molecular formula is C17H19N3O3. The van der Waals surface area contributed by atoms with E-state index in [-0.39, 0.29) is 11.1 Å². The van der Waals surface area contributed by atoms with E-state index in [1.165, 1.54) is 13.3 Å². The van der Waals surface area contributed by atoms with Crippen LogP contribution in [-0.4, -0.2) is 25.0 Å². The summed E-state index contributed by atoms with van der Waals surface area (Å²) in [5.74, 6) is -1.11. The number of amides is 1. The van der Waals surface area contributed by atoms with Crippen LogP contribution in [0, 0.1) is 11.3 Å². The van der Waals surface area contributed by atoms with E-state index in [1.807, 2.05) is 6.07 Å². The lowest BCUT2D eigenvalue weighted by atomic mass is 10.1. The summed E-state index contributed by atoms with van der Waals surface area (Å²) < 4.78 is 4.68. The molecule has 0 unspecified atom stereocenters. The number of para-hydroxylation sites is 1. The summed E-state index contributed by atoms with van der Waals surface area (Å²) in [6.45, 7) is 0. The zero-order chi connectivity index (χ0) is 16.7. The number of carbonyl (C=O) groups is 2. The van der Waals surface area contributed by atoms with Crippen molar-refractivity contribution >= 4 is 17.6 Å². The second-order valence-corrected chi connectivity index (χ2v) is 5.31. The lowest BCUT2D eigenvalue weighted by Gasteiger charge is -2.11. The van der Waals surface area contributed by atoms with Gasteiger partial charge in [-0.3, -0.25) is 4.79 Å². The zero-order valence-electron chi connectivity index (χ0n) is 13.0. The van der Waals surface area contributed by atoms with Crippen LogP contribution in [0.25, 0.3) is 0 Å². The first-order valence-electron chi connectivity index (χ1n) is 7.50. The van der Waals surface area contributed by atoms with Crippen LogP contribution in [0.1, 0.15) is 36.0 Å². The Morgan fingerprint density at radius 3 is 2.65 bits per heavy atom. The molecule has 6 nitrogen and oxygen atoms in total. The van der Waals surface area contributed by atoms with Gasteiger partial charge in [0, 0.05) is 12.2 Å². The number of nitriles is 1. The second-order valence-electron chi connectivity index (χ2n) is 5.31. The summed E-state index contributed by atoms with van der Waals surface area (Å²) >= 11 is 0. The van der Waals surface area contributed by atoms with Crippen LogP contribution in [0.2, 0.25) is 0 Å². The Morgan fingerprint density at radius 1 is 1.30 bits per heavy atom. The number of nitrogens with one attached hydrogen (secondary N) is 2. The van der Waals surface area contributed by atoms with Crippen LogP contribution >= 0.6 is 0 Å². The second kappa shape index (κ2) is 7.99. The molecule has 0 saturated heterocycles. The normalized spacial score (nSPS) is 14.9. The van der Waals surface area contributed by atoms with E-state index in [0.717, 1.165) is 25.7 Å². The zero-order valence-corrected chi connectivity index (χ0v) is 13.0. The molecule has 1 fully saturated rings. The molecule has 1 amide bonds. The third kappa shape index (κ3) is 4.33. The van der Waals surface area contributed by atoms with Gasteiger partial charge in [-0.2, -0.15) is 5.26 Å². The first-order valence-corrected chi connectivity index (χ1v) is 7.50. The quantitative estimate of drug-likeness (QED) is 0.494. The number of carbonyl (C=O) groups excluding carboxylic acids is 2. The Morgan fingerprint density at radius 2 is 2.00 bits per heavy atom. The Kier molecular flexibility index (Phi) is 5.75. The van der Waals surface area contributed by atoms with Gasteiger partial charge in [-0.05, 0) is 25.0 Å². The van der Waals surface area contributed by atoms with E-state index in [1.54, 1.807) is 24.3 Å². The Hall–Kier alpha value is -2.81. The highest BCUT2D eigenvalue weighted by atomic mass is 16.5. The maximum atomic E-state index is 12.2. The molecule has 0 aliphatic heterocycles. The van der Waals surface area contributed by atoms with E-state index < -0.39 is 11.9 Å². The van der Waals surface area contributed by atoms with Gasteiger partial charge in [0.25, 0.3) is 5.91 Å². The average Bonchev–Trinajstić information content (AvgIpc) is 3.08. The fourth-order valence-corrected chi connectivity index (χ4v) is 2.51. The SMILES string of the molecule is COC(=O)c1ccccc1NC(=O)/C(C#N)=C\NC1CCCC1. The first-order chi connectivity index (χ1) is 11.2. The molecule has 2 N–H and O–H groups in total. The molecule has 0 atom stereocenters. The first kappa shape index (κ1) is 16.6. The summed E-state index contributed by atoms with van der Waals surface area (Å²) in [6.07, 6.45) is 5.86. The van der Waals surface area contributed by atoms with Gasteiger partial charge in [0.05, 0.1) is 18.4 Å². The number of esters is 1. The minimum Gasteiger partial charge on any atom is -0.465 e. The molecular weight excluding hydrogens is 294 g/mol. The van der Waals surface area contributed by atoms with Crippen molar-refractivity contribution in [2.45, 2.75) is 31.7 Å². The average molecular weight is 313 g/mol. The lowest BCUT2D eigenvalue weighted by molar-refractivity contribution is -0.112. The maximum Gasteiger partial charge on any atom is 0.339 e. The van der Waals surface area contributed by atoms with Gasteiger partial charge in [-0.1, -0.05) is 25.0 Å². The predicted molar refractivity (Wildman–Crippen MR) is 85.5 cm³/mol. The van der Waals surface area contributed by atoms with Crippen LogP contribution < -0.4 is 10.6 Å². The van der Waals surface area contributed by atoms with Gasteiger partial charge in [0.2, 0.25) is 0 Å². The molecule has 6 heteroatoms. The molecule has 0 aromatic heterocycles. The minimum absolute atomic E-state index is 0.0310. The van der Waals surface area contributed by atoms with Gasteiger partial charge < -0.3 is 15.4 Å². The Labute approximate surface area is 135 Å². The molecule has 1 aromatic carbocycles. The highest BCUT2D eigenvalue weighted by Crippen LogP contribution is 2.19. The molecule has 0 heterocycles. The number of methoxy groups -OCH3 is 1. The third-order valence-electron chi connectivity index (χ3n) is 3.76. The summed E-state index contributed by atoms with van der Waals surface area (Å²) in [7, 11) is 1.27. The number of hydrogen-bond donors (Lipinski definition) is 2. The Balaban J connectivity index is 2.09. The molecule has 1 aromatic rings. The van der Waals surface area contributed by atoms with Gasteiger partial charge in [0.1, 0.15) is 11.6 Å². The number of ether oxygens (including phenoxy) is 1. The van der Waals surface area contributed by atoms with E-state index in [0.29, 0.717) is 11.7 Å². The minimum atomic E-state index is -0.561. The van der Waals surface area contributed by atoms with Gasteiger partial charge in [0.15, 0.2) is 0 Å². The van der Waals surface area contributed by atoms with Crippen LogP contribution in [-0.2, 0) is 9.53 Å². The summed E-state index contributed by atoms with van der Waals surface area (Å²) in [6, 6.07) is 8.69. The van der Waals surface area contributed by atoms with Crippen LogP contribution in [0.3, 0.4) is 0 Å². The number of hydrogen-bond acceptors (Lipinski definition) is 5. The van der Waals surface area contributed by atoms with Crippen molar-refractivity contribution in [3.8, 4) is 6.07 Å². The molecule has 0 radical (unpaired) electrons. The highest BCUT2D eigenvalue weighted by Gasteiger charge is 2.17. The predicted octanol–water partition coefficient (Wildman–Crippen LogP) is 2.35. The molecule has 1 saturated carbocycles. The third-order valence-corrected chi connectivity index (χ3v) is 3.76. The topological polar surface area (TPSA) is 91.2 Å². The van der Waals surface area contributed by atoms with Gasteiger partial charge >= 0.3 is 5.97 Å². The fourth-order valence-electron chi connectivity index (χ4n) is 2.51. The maximum absolute atomic E-state index is 12.2. The smallest absolute Gasteiger partial charge is 0.339 e. The molecule has 1 aliphatic carbocycles. The van der Waals surface area contributed by atoms with Crippen LogP contribution in [0.4, 0.5) is 5.69 Å². The van der Waals surface area contributed by atoms with E-state index >= 15 is 0 Å². The molecule has 23 heavy (non-hydrogen) atoms. The largest absolute Gasteiger partial charge is 0.465 e. The van der Waals surface area contributed by atoms with Crippen molar-refractivity contribution < 1.29 is 14.3 Å². The van der Waals surface area contributed by atoms with Crippen molar-refractivity contribution in [1.29, 1.82) is 5.26 Å². The van der Waals surface area contributed by atoms with Crippen molar-refractivity contribution in [3.05, 3.63) is 41.6 Å². The van der Waals surface area contributed by atoms with Crippen molar-refractivity contribution in [2.24, 2.45) is 0 Å². The number of rotatable bonds is 5. The van der Waals surface area contributed by atoms with Crippen molar-refractivity contribution in [1.82, 2.24) is 5.32 Å². The molecule has 120 valence electrons. The molecule has 0 bridgehead atoms. The van der Waals surface area contributed by atoms with Gasteiger partial charge in [-0.25, -0.2) is 4.79 Å².